The SMILES string of the molecule is Cc1cc(C)c(OCCCCCn2c(-c3ccc(Cl)cc3)nc3ccccc3c2=O)c(C)c1. The Hall–Kier alpha value is -3.11. The van der Waals surface area contributed by atoms with E-state index < -0.39 is 0 Å². The number of aromatic nitrogens is 2. The van der Waals surface area contributed by atoms with Crippen LogP contribution < -0.4 is 10.3 Å². The van der Waals surface area contributed by atoms with Gasteiger partial charge in [-0.25, -0.2) is 4.98 Å². The number of nitrogens with zero attached hydrogens (tertiary/aromatic N) is 2. The lowest BCUT2D eigenvalue weighted by Gasteiger charge is -2.15. The molecule has 5 heteroatoms. The molecule has 0 aliphatic rings. The molecule has 0 atom stereocenters. The summed E-state index contributed by atoms with van der Waals surface area (Å²) in [5, 5.41) is 1.30. The van der Waals surface area contributed by atoms with Crippen LogP contribution in [0.3, 0.4) is 0 Å². The summed E-state index contributed by atoms with van der Waals surface area (Å²) in [6, 6.07) is 19.3. The molecule has 0 aliphatic heterocycles. The van der Waals surface area contributed by atoms with Gasteiger partial charge in [0.25, 0.3) is 5.56 Å². The average molecular weight is 461 g/mol. The number of hydrogen-bond acceptors (Lipinski definition) is 3. The van der Waals surface area contributed by atoms with E-state index in [1.54, 1.807) is 4.57 Å². The minimum atomic E-state index is -0.00675. The quantitative estimate of drug-likeness (QED) is 0.269. The monoisotopic (exact) mass is 460 g/mol. The Bertz CT molecular complexity index is 1300. The number of hydrogen-bond donors (Lipinski definition) is 0. The van der Waals surface area contributed by atoms with Crippen molar-refractivity contribution in [2.45, 2.75) is 46.6 Å². The maximum absolute atomic E-state index is 13.3. The second-order valence-corrected chi connectivity index (χ2v) is 8.99. The highest BCUT2D eigenvalue weighted by Gasteiger charge is 2.13. The molecular weight excluding hydrogens is 432 g/mol. The zero-order valence-corrected chi connectivity index (χ0v) is 20.2. The highest BCUT2D eigenvalue weighted by Crippen LogP contribution is 2.25. The minimum Gasteiger partial charge on any atom is -0.493 e. The lowest BCUT2D eigenvalue weighted by Crippen LogP contribution is -2.23. The number of unbranched alkanes of at least 4 members (excludes halogenated alkanes) is 2. The van der Waals surface area contributed by atoms with E-state index in [2.05, 4.69) is 32.9 Å². The van der Waals surface area contributed by atoms with Gasteiger partial charge in [0.05, 0.1) is 17.5 Å². The fraction of sp³-hybridized carbons (Fsp3) is 0.286. The Labute approximate surface area is 199 Å². The van der Waals surface area contributed by atoms with Crippen LogP contribution in [0.2, 0.25) is 5.02 Å². The van der Waals surface area contributed by atoms with Gasteiger partial charge in [0, 0.05) is 17.1 Å². The number of ether oxygens (including phenoxy) is 1. The van der Waals surface area contributed by atoms with Crippen molar-refractivity contribution < 1.29 is 4.74 Å². The first-order valence-corrected chi connectivity index (χ1v) is 11.8. The molecule has 170 valence electrons. The molecule has 0 aliphatic carbocycles. The third-order valence-electron chi connectivity index (χ3n) is 5.84. The van der Waals surface area contributed by atoms with Crippen molar-refractivity contribution in [3.05, 3.63) is 92.7 Å². The van der Waals surface area contributed by atoms with Crippen molar-refractivity contribution in [2.24, 2.45) is 0 Å². The molecule has 0 fully saturated rings. The summed E-state index contributed by atoms with van der Waals surface area (Å²) >= 11 is 6.07. The van der Waals surface area contributed by atoms with Crippen LogP contribution in [0.4, 0.5) is 0 Å². The largest absolute Gasteiger partial charge is 0.493 e. The minimum absolute atomic E-state index is 0.00675. The molecule has 0 saturated heterocycles. The maximum atomic E-state index is 13.3. The molecule has 0 spiro atoms. The van der Waals surface area contributed by atoms with Crippen molar-refractivity contribution in [2.75, 3.05) is 6.61 Å². The summed E-state index contributed by atoms with van der Waals surface area (Å²) in [5.74, 6) is 1.66. The van der Waals surface area contributed by atoms with E-state index >= 15 is 0 Å². The second-order valence-electron chi connectivity index (χ2n) is 8.55. The van der Waals surface area contributed by atoms with Crippen molar-refractivity contribution in [3.8, 4) is 17.1 Å². The summed E-state index contributed by atoms with van der Waals surface area (Å²) in [6.45, 7) is 7.56. The van der Waals surface area contributed by atoms with Crippen LogP contribution in [0.15, 0.2) is 65.5 Å². The van der Waals surface area contributed by atoms with Crippen LogP contribution in [0, 0.1) is 20.8 Å². The van der Waals surface area contributed by atoms with Gasteiger partial charge in [-0.1, -0.05) is 41.4 Å². The molecule has 1 heterocycles. The third kappa shape index (κ3) is 5.28. The van der Waals surface area contributed by atoms with Crippen LogP contribution in [-0.2, 0) is 6.54 Å². The predicted molar refractivity (Wildman–Crippen MR) is 136 cm³/mol. The number of rotatable bonds is 8. The molecule has 4 aromatic rings. The Morgan fingerprint density at radius 1 is 0.909 bits per heavy atom. The van der Waals surface area contributed by atoms with Gasteiger partial charge in [0.15, 0.2) is 0 Å². The van der Waals surface area contributed by atoms with Gasteiger partial charge >= 0.3 is 0 Å². The smallest absolute Gasteiger partial charge is 0.261 e. The van der Waals surface area contributed by atoms with E-state index in [1.807, 2.05) is 48.5 Å². The van der Waals surface area contributed by atoms with Crippen molar-refractivity contribution in [1.29, 1.82) is 0 Å². The molecule has 0 bridgehead atoms. The molecule has 1 aromatic heterocycles. The summed E-state index contributed by atoms with van der Waals surface area (Å²) in [5.41, 5.74) is 5.19. The van der Waals surface area contributed by atoms with Crippen LogP contribution >= 0.6 is 11.6 Å². The number of benzene rings is 3. The molecule has 4 rings (SSSR count). The lowest BCUT2D eigenvalue weighted by molar-refractivity contribution is 0.300. The van der Waals surface area contributed by atoms with Gasteiger partial charge in [-0.3, -0.25) is 9.36 Å². The topological polar surface area (TPSA) is 44.1 Å². The van der Waals surface area contributed by atoms with E-state index in [0.717, 1.165) is 30.6 Å². The van der Waals surface area contributed by atoms with Crippen LogP contribution in [-0.4, -0.2) is 16.2 Å². The molecule has 33 heavy (non-hydrogen) atoms. The number of fused-ring (bicyclic) bond motifs is 1. The Balaban J connectivity index is 1.46. The summed E-state index contributed by atoms with van der Waals surface area (Å²) in [7, 11) is 0. The molecule has 4 nitrogen and oxygen atoms in total. The first-order chi connectivity index (χ1) is 15.9. The first-order valence-electron chi connectivity index (χ1n) is 11.4. The van der Waals surface area contributed by atoms with Crippen molar-refractivity contribution in [1.82, 2.24) is 9.55 Å². The number of para-hydroxylation sites is 1. The van der Waals surface area contributed by atoms with Gasteiger partial charge in [0.2, 0.25) is 0 Å². The maximum Gasteiger partial charge on any atom is 0.261 e. The summed E-state index contributed by atoms with van der Waals surface area (Å²) in [6.07, 6.45) is 2.76. The van der Waals surface area contributed by atoms with Crippen LogP contribution in [0.25, 0.3) is 22.3 Å². The summed E-state index contributed by atoms with van der Waals surface area (Å²) in [4.78, 5) is 18.1. The molecule has 0 unspecified atom stereocenters. The van der Waals surface area contributed by atoms with Gasteiger partial charge in [-0.05, 0) is 87.6 Å². The van der Waals surface area contributed by atoms with E-state index in [-0.39, 0.29) is 5.56 Å². The fourth-order valence-electron chi connectivity index (χ4n) is 4.31. The van der Waals surface area contributed by atoms with Crippen molar-refractivity contribution >= 4 is 22.5 Å². The molecule has 0 amide bonds. The van der Waals surface area contributed by atoms with E-state index in [9.17, 15) is 4.79 Å². The van der Waals surface area contributed by atoms with Crippen LogP contribution in [0.1, 0.15) is 36.0 Å². The summed E-state index contributed by atoms with van der Waals surface area (Å²) < 4.78 is 7.86. The van der Waals surface area contributed by atoms with Gasteiger partial charge in [0.1, 0.15) is 11.6 Å². The number of halogens is 1. The van der Waals surface area contributed by atoms with E-state index in [1.165, 1.54) is 16.7 Å². The third-order valence-corrected chi connectivity index (χ3v) is 6.09. The first kappa shape index (κ1) is 23.1. The number of aryl methyl sites for hydroxylation is 3. The highest BCUT2D eigenvalue weighted by atomic mass is 35.5. The fourth-order valence-corrected chi connectivity index (χ4v) is 4.44. The molecular formula is C28H29ClN2O2. The molecule has 0 radical (unpaired) electrons. The Kier molecular flexibility index (Phi) is 7.14. The van der Waals surface area contributed by atoms with Gasteiger partial charge in [-0.15, -0.1) is 0 Å². The standard InChI is InChI=1S/C28H29ClN2O2/c1-19-17-20(2)26(21(3)18-19)33-16-8-4-7-15-31-27(22-11-13-23(29)14-12-22)30-25-10-6-5-9-24(25)28(31)32/h5-6,9-14,17-18H,4,7-8,15-16H2,1-3H3. The molecule has 0 N–H and O–H groups in total. The normalized spacial score (nSPS) is 11.2. The van der Waals surface area contributed by atoms with Gasteiger partial charge in [-0.2, -0.15) is 0 Å². The molecule has 3 aromatic carbocycles. The average Bonchev–Trinajstić information content (AvgIpc) is 2.79. The highest BCUT2D eigenvalue weighted by molar-refractivity contribution is 6.30. The zero-order chi connectivity index (χ0) is 23.4. The van der Waals surface area contributed by atoms with Gasteiger partial charge < -0.3 is 4.74 Å². The zero-order valence-electron chi connectivity index (χ0n) is 19.4. The Morgan fingerprint density at radius 3 is 2.33 bits per heavy atom. The Morgan fingerprint density at radius 2 is 1.61 bits per heavy atom. The van der Waals surface area contributed by atoms with E-state index in [0.29, 0.717) is 34.9 Å². The lowest BCUT2D eigenvalue weighted by atomic mass is 10.1. The van der Waals surface area contributed by atoms with Crippen molar-refractivity contribution in [3.63, 3.8) is 0 Å². The van der Waals surface area contributed by atoms with E-state index in [4.69, 9.17) is 21.3 Å². The molecule has 0 saturated carbocycles. The predicted octanol–water partition coefficient (Wildman–Crippen LogP) is 6.89. The van der Waals surface area contributed by atoms with Crippen LogP contribution in [0.5, 0.6) is 5.75 Å². The second kappa shape index (κ2) is 10.2.